The normalized spacial score (nSPS) is 21.4. The second kappa shape index (κ2) is 3.97. The molecule has 1 aliphatic heterocycles. The summed E-state index contributed by atoms with van der Waals surface area (Å²) >= 11 is 11.7. The van der Waals surface area contributed by atoms with Crippen LogP contribution < -0.4 is 5.32 Å². The minimum absolute atomic E-state index is 0.0323. The molecule has 0 radical (unpaired) electrons. The molecule has 1 aliphatic rings. The van der Waals surface area contributed by atoms with Gasteiger partial charge < -0.3 is 10.4 Å². The number of halogens is 2. The molecule has 0 aliphatic carbocycles. The third kappa shape index (κ3) is 1.83. The minimum atomic E-state index is -0.0323. The van der Waals surface area contributed by atoms with Crippen LogP contribution in [0.3, 0.4) is 0 Å². The van der Waals surface area contributed by atoms with Gasteiger partial charge in [0.2, 0.25) is 0 Å². The van der Waals surface area contributed by atoms with Gasteiger partial charge in [-0.3, -0.25) is 0 Å². The van der Waals surface area contributed by atoms with E-state index in [-0.39, 0.29) is 5.75 Å². The molecule has 1 aromatic carbocycles. The van der Waals surface area contributed by atoms with E-state index in [1.54, 1.807) is 12.1 Å². The number of aromatic hydroxyl groups is 1. The minimum Gasteiger partial charge on any atom is -0.505 e. The van der Waals surface area contributed by atoms with E-state index >= 15 is 0 Å². The molecule has 1 saturated heterocycles. The van der Waals surface area contributed by atoms with Crippen LogP contribution >= 0.6 is 23.2 Å². The van der Waals surface area contributed by atoms with Gasteiger partial charge in [-0.25, -0.2) is 0 Å². The molecule has 0 spiro atoms. The topological polar surface area (TPSA) is 32.3 Å². The zero-order valence-electron chi connectivity index (χ0n) is 7.56. The highest BCUT2D eigenvalue weighted by molar-refractivity contribution is 6.37. The summed E-state index contributed by atoms with van der Waals surface area (Å²) in [5.41, 5.74) is 1.05. The number of nitrogens with one attached hydrogen (secondary N) is 1. The van der Waals surface area contributed by atoms with Gasteiger partial charge in [-0.2, -0.15) is 0 Å². The summed E-state index contributed by atoms with van der Waals surface area (Å²) in [4.78, 5) is 0. The fourth-order valence-electron chi connectivity index (χ4n) is 1.76. The average molecular weight is 232 g/mol. The lowest BCUT2D eigenvalue weighted by Gasteiger charge is -2.12. The molecule has 2 nitrogen and oxygen atoms in total. The molecule has 14 heavy (non-hydrogen) atoms. The fourth-order valence-corrected chi connectivity index (χ4v) is 2.26. The van der Waals surface area contributed by atoms with Crippen molar-refractivity contribution in [1.82, 2.24) is 5.32 Å². The number of phenolic OH excluding ortho intramolecular Hbond substituents is 1. The van der Waals surface area contributed by atoms with Crippen molar-refractivity contribution in [3.8, 4) is 5.75 Å². The number of rotatable bonds is 1. The van der Waals surface area contributed by atoms with Crippen LogP contribution in [0, 0.1) is 0 Å². The van der Waals surface area contributed by atoms with Gasteiger partial charge in [0.1, 0.15) is 0 Å². The fraction of sp³-hybridized carbons (Fsp3) is 0.400. The summed E-state index contributed by atoms with van der Waals surface area (Å²) < 4.78 is 0. The molecule has 0 bridgehead atoms. The average Bonchev–Trinajstić information content (AvgIpc) is 2.66. The van der Waals surface area contributed by atoms with Crippen LogP contribution in [0.15, 0.2) is 12.1 Å². The van der Waals surface area contributed by atoms with Crippen molar-refractivity contribution >= 4 is 23.2 Å². The summed E-state index contributed by atoms with van der Waals surface area (Å²) in [6.07, 6.45) is 2.26. The molecule has 1 atom stereocenters. The van der Waals surface area contributed by atoms with E-state index in [4.69, 9.17) is 23.2 Å². The Kier molecular flexibility index (Phi) is 2.86. The van der Waals surface area contributed by atoms with E-state index in [0.717, 1.165) is 18.5 Å². The van der Waals surface area contributed by atoms with Gasteiger partial charge in [0.05, 0.1) is 10.0 Å². The first-order valence-corrected chi connectivity index (χ1v) is 5.35. The predicted octanol–water partition coefficient (Wildman–Crippen LogP) is 3.12. The van der Waals surface area contributed by atoms with Crippen LogP contribution in [0.2, 0.25) is 10.0 Å². The Balaban J connectivity index is 2.34. The lowest BCUT2D eigenvalue weighted by atomic mass is 10.1. The highest BCUT2D eigenvalue weighted by Crippen LogP contribution is 2.36. The maximum atomic E-state index is 9.39. The Morgan fingerprint density at radius 2 is 1.93 bits per heavy atom. The molecule has 76 valence electrons. The molecule has 1 heterocycles. The Morgan fingerprint density at radius 3 is 2.43 bits per heavy atom. The number of benzene rings is 1. The van der Waals surface area contributed by atoms with Crippen molar-refractivity contribution in [3.05, 3.63) is 27.7 Å². The van der Waals surface area contributed by atoms with Gasteiger partial charge in [-0.1, -0.05) is 23.2 Å². The van der Waals surface area contributed by atoms with Crippen LogP contribution in [-0.2, 0) is 0 Å². The second-order valence-corrected chi connectivity index (χ2v) is 4.30. The lowest BCUT2D eigenvalue weighted by molar-refractivity contribution is 0.475. The summed E-state index contributed by atoms with van der Waals surface area (Å²) in [5, 5.41) is 13.4. The van der Waals surface area contributed by atoms with Gasteiger partial charge in [-0.05, 0) is 37.1 Å². The Morgan fingerprint density at radius 1 is 1.29 bits per heavy atom. The third-order valence-corrected chi connectivity index (χ3v) is 3.08. The van der Waals surface area contributed by atoms with Crippen LogP contribution in [-0.4, -0.2) is 11.7 Å². The lowest BCUT2D eigenvalue weighted by Crippen LogP contribution is -2.12. The van der Waals surface area contributed by atoms with Gasteiger partial charge in [0.25, 0.3) is 0 Å². The Hall–Kier alpha value is -0.440. The first kappa shape index (κ1) is 10.1. The molecule has 4 heteroatoms. The Labute approximate surface area is 92.8 Å². The summed E-state index contributed by atoms with van der Waals surface area (Å²) in [6.45, 7) is 1.03. The number of hydrogen-bond donors (Lipinski definition) is 2. The molecule has 1 fully saturated rings. The first-order valence-electron chi connectivity index (χ1n) is 4.60. The van der Waals surface area contributed by atoms with E-state index in [1.807, 2.05) is 0 Å². The van der Waals surface area contributed by atoms with Crippen molar-refractivity contribution in [3.63, 3.8) is 0 Å². The third-order valence-electron chi connectivity index (χ3n) is 2.50. The first-order chi connectivity index (χ1) is 6.68. The quantitative estimate of drug-likeness (QED) is 0.779. The van der Waals surface area contributed by atoms with Gasteiger partial charge in [0.15, 0.2) is 5.75 Å². The molecule has 1 unspecified atom stereocenters. The second-order valence-electron chi connectivity index (χ2n) is 3.48. The molecule has 0 amide bonds. The van der Waals surface area contributed by atoms with E-state index in [2.05, 4.69) is 5.32 Å². The van der Waals surface area contributed by atoms with Gasteiger partial charge in [0, 0.05) is 6.04 Å². The number of hydrogen-bond acceptors (Lipinski definition) is 2. The van der Waals surface area contributed by atoms with Crippen LogP contribution in [0.25, 0.3) is 0 Å². The van der Waals surface area contributed by atoms with Crippen molar-refractivity contribution in [2.75, 3.05) is 6.54 Å². The summed E-state index contributed by atoms with van der Waals surface area (Å²) in [6, 6.07) is 3.86. The summed E-state index contributed by atoms with van der Waals surface area (Å²) in [7, 11) is 0. The standard InChI is InChI=1S/C10H11Cl2NO/c11-7-4-6(5-8(12)10(7)14)9-2-1-3-13-9/h4-5,9,13-14H,1-3H2. The molecular weight excluding hydrogens is 221 g/mol. The van der Waals surface area contributed by atoms with Crippen LogP contribution in [0.1, 0.15) is 24.4 Å². The van der Waals surface area contributed by atoms with E-state index in [1.165, 1.54) is 6.42 Å². The van der Waals surface area contributed by atoms with E-state index in [9.17, 15) is 5.11 Å². The van der Waals surface area contributed by atoms with Gasteiger partial charge >= 0.3 is 0 Å². The molecular formula is C10H11Cl2NO. The monoisotopic (exact) mass is 231 g/mol. The molecule has 0 aromatic heterocycles. The molecule has 2 N–H and O–H groups in total. The maximum Gasteiger partial charge on any atom is 0.152 e. The Bertz CT molecular complexity index is 325. The summed E-state index contributed by atoms with van der Waals surface area (Å²) in [5.74, 6) is -0.0323. The van der Waals surface area contributed by atoms with Crippen molar-refractivity contribution in [1.29, 1.82) is 0 Å². The zero-order valence-corrected chi connectivity index (χ0v) is 9.07. The van der Waals surface area contributed by atoms with Crippen LogP contribution in [0.4, 0.5) is 0 Å². The maximum absolute atomic E-state index is 9.39. The largest absolute Gasteiger partial charge is 0.505 e. The van der Waals surface area contributed by atoms with E-state index < -0.39 is 0 Å². The van der Waals surface area contributed by atoms with Gasteiger partial charge in [-0.15, -0.1) is 0 Å². The predicted molar refractivity (Wildman–Crippen MR) is 58.1 cm³/mol. The number of phenols is 1. The molecule has 1 aromatic rings. The highest BCUT2D eigenvalue weighted by Gasteiger charge is 2.18. The molecule has 2 rings (SSSR count). The highest BCUT2D eigenvalue weighted by atomic mass is 35.5. The van der Waals surface area contributed by atoms with Crippen molar-refractivity contribution < 1.29 is 5.11 Å². The van der Waals surface area contributed by atoms with E-state index in [0.29, 0.717) is 16.1 Å². The smallest absolute Gasteiger partial charge is 0.152 e. The van der Waals surface area contributed by atoms with Crippen LogP contribution in [0.5, 0.6) is 5.75 Å². The van der Waals surface area contributed by atoms with Crippen molar-refractivity contribution in [2.45, 2.75) is 18.9 Å². The SMILES string of the molecule is Oc1c(Cl)cc(C2CCCN2)cc1Cl. The van der Waals surface area contributed by atoms with Crippen molar-refractivity contribution in [2.24, 2.45) is 0 Å². The molecule has 0 saturated carbocycles. The zero-order chi connectivity index (χ0) is 10.1.